The molecule has 0 heterocycles. The van der Waals surface area contributed by atoms with E-state index in [2.05, 4.69) is 21.2 Å². The van der Waals surface area contributed by atoms with Crippen LogP contribution < -0.4 is 11.1 Å². The van der Waals surface area contributed by atoms with Gasteiger partial charge in [0.2, 0.25) is 11.7 Å². The first-order chi connectivity index (χ1) is 20.9. The Bertz CT molecular complexity index is 1720. The van der Waals surface area contributed by atoms with Gasteiger partial charge in [-0.1, -0.05) is 34.1 Å². The number of aliphatic hydroxyl groups is 3. The molecule has 2 aromatic rings. The number of Topliss-reactive ketones (excluding diaryl/α,β-unsaturated/α-hetero) is 2. The van der Waals surface area contributed by atoms with E-state index in [-0.39, 0.29) is 35.2 Å². The fourth-order valence-corrected chi connectivity index (χ4v) is 6.93. The number of nitrogens with two attached hydrogens (primary N) is 1. The van der Waals surface area contributed by atoms with Crippen LogP contribution in [0.4, 0.5) is 18.9 Å². The number of alkyl halides is 4. The summed E-state index contributed by atoms with van der Waals surface area (Å²) in [7, 11) is 2.99. The van der Waals surface area contributed by atoms with Gasteiger partial charge in [0, 0.05) is 11.5 Å². The Morgan fingerprint density at radius 3 is 2.27 bits per heavy atom. The Balaban J connectivity index is 1.51. The Morgan fingerprint density at radius 2 is 1.71 bits per heavy atom. The van der Waals surface area contributed by atoms with E-state index in [1.165, 1.54) is 31.1 Å². The highest BCUT2D eigenvalue weighted by Gasteiger charge is 2.64. The first-order valence-corrected chi connectivity index (χ1v) is 14.4. The van der Waals surface area contributed by atoms with Crippen molar-refractivity contribution in [2.75, 3.05) is 19.4 Å². The number of halogens is 4. The smallest absolute Gasteiger partial charge is 0.416 e. The van der Waals surface area contributed by atoms with Crippen LogP contribution >= 0.6 is 15.9 Å². The van der Waals surface area contributed by atoms with Gasteiger partial charge in [-0.05, 0) is 62.2 Å². The van der Waals surface area contributed by atoms with Crippen molar-refractivity contribution >= 4 is 50.8 Å². The maximum absolute atomic E-state index is 13.9. The number of likely N-dealkylation sites (N-methyl/N-ethyl adjacent to an activating group) is 1. The van der Waals surface area contributed by atoms with Crippen molar-refractivity contribution < 1.29 is 52.8 Å². The second-order valence-electron chi connectivity index (χ2n) is 11.4. The van der Waals surface area contributed by atoms with Crippen LogP contribution in [0.25, 0.3) is 5.76 Å². The number of phenols is 1. The quantitative estimate of drug-likeness (QED) is 0.155. The van der Waals surface area contributed by atoms with Crippen molar-refractivity contribution in [2.45, 2.75) is 35.5 Å². The van der Waals surface area contributed by atoms with Gasteiger partial charge in [-0.2, -0.15) is 13.2 Å². The fraction of sp³-hybridized carbons (Fsp3) is 0.333. The molecule has 5 atom stereocenters. The lowest BCUT2D eigenvalue weighted by atomic mass is 9.57. The van der Waals surface area contributed by atoms with E-state index in [9.17, 15) is 52.8 Å². The van der Waals surface area contributed by atoms with Crippen molar-refractivity contribution in [3.05, 3.63) is 75.6 Å². The molecule has 3 aliphatic carbocycles. The number of nitrogens with one attached hydrogen (secondary N) is 1. The molecular weight excluding hydrogens is 667 g/mol. The Kier molecular flexibility index (Phi) is 7.87. The van der Waals surface area contributed by atoms with Gasteiger partial charge < -0.3 is 31.5 Å². The number of carbonyl (C=O) groups is 4. The summed E-state index contributed by atoms with van der Waals surface area (Å²) in [4.78, 5) is 52.4. The van der Waals surface area contributed by atoms with Crippen LogP contribution in [-0.4, -0.2) is 74.4 Å². The monoisotopic (exact) mass is 693 g/mol. The maximum Gasteiger partial charge on any atom is 0.416 e. The predicted octanol–water partition coefficient (Wildman–Crippen LogP) is 3.06. The van der Waals surface area contributed by atoms with E-state index in [1.54, 1.807) is 0 Å². The number of nitrogens with zero attached hydrogens (tertiary/aromatic N) is 1. The summed E-state index contributed by atoms with van der Waals surface area (Å²) in [5.74, 6) is -8.73. The van der Waals surface area contributed by atoms with Crippen LogP contribution in [0, 0.1) is 11.8 Å². The molecule has 2 amide bonds. The van der Waals surface area contributed by atoms with Crippen molar-refractivity contribution in [1.29, 1.82) is 0 Å². The number of fused-ring (bicyclic) bond motifs is 3. The summed E-state index contributed by atoms with van der Waals surface area (Å²) in [6.45, 7) is 0. The average molecular weight is 694 g/mol. The number of anilines is 1. The summed E-state index contributed by atoms with van der Waals surface area (Å²) >= 11 is 3.13. The topological polar surface area (TPSA) is 190 Å². The van der Waals surface area contributed by atoms with E-state index in [0.717, 1.165) is 24.3 Å². The minimum atomic E-state index is -4.56. The molecule has 45 heavy (non-hydrogen) atoms. The zero-order valence-electron chi connectivity index (χ0n) is 23.6. The Labute approximate surface area is 261 Å². The van der Waals surface area contributed by atoms with E-state index >= 15 is 0 Å². The number of rotatable bonds is 5. The molecule has 0 radical (unpaired) electrons. The number of hydrogen-bond acceptors (Lipinski definition) is 9. The van der Waals surface area contributed by atoms with Crippen LogP contribution in [0.5, 0.6) is 5.75 Å². The first-order valence-electron chi connectivity index (χ1n) is 13.5. The number of primary amides is 1. The maximum atomic E-state index is 13.9. The molecule has 1 fully saturated rings. The van der Waals surface area contributed by atoms with E-state index in [4.69, 9.17) is 5.73 Å². The first kappa shape index (κ1) is 32.2. The predicted molar refractivity (Wildman–Crippen MR) is 156 cm³/mol. The molecule has 15 heteroatoms. The molecule has 0 spiro atoms. The van der Waals surface area contributed by atoms with Crippen molar-refractivity contribution in [1.82, 2.24) is 4.90 Å². The van der Waals surface area contributed by atoms with Gasteiger partial charge in [0.1, 0.15) is 27.7 Å². The number of benzene rings is 2. The normalized spacial score (nSPS) is 25.5. The van der Waals surface area contributed by atoms with Gasteiger partial charge in [-0.3, -0.25) is 24.1 Å². The molecule has 0 aliphatic heterocycles. The summed E-state index contributed by atoms with van der Waals surface area (Å²) in [5.41, 5.74) is 0.464. The molecular formula is C30H27BrF3N3O8. The minimum absolute atomic E-state index is 0.0585. The zero-order valence-corrected chi connectivity index (χ0v) is 25.2. The van der Waals surface area contributed by atoms with Gasteiger partial charge >= 0.3 is 6.18 Å². The summed E-state index contributed by atoms with van der Waals surface area (Å²) in [6, 6.07) is 5.48. The molecule has 1 saturated carbocycles. The lowest BCUT2D eigenvalue weighted by molar-refractivity contribution is -0.153. The van der Waals surface area contributed by atoms with Gasteiger partial charge in [-0.25, -0.2) is 0 Å². The molecule has 5 rings (SSSR count). The van der Waals surface area contributed by atoms with Crippen molar-refractivity contribution in [3.8, 4) is 5.75 Å². The third kappa shape index (κ3) is 4.98. The van der Waals surface area contributed by atoms with Crippen LogP contribution in [0.15, 0.2) is 53.3 Å². The number of aromatic hydroxyl groups is 1. The summed E-state index contributed by atoms with van der Waals surface area (Å²) in [6.07, 6.45) is -4.59. The SMILES string of the molecule is CN(C)[C@@H]1C(=O)C(C(N)=O)=C(O)C2(O)C(=O)C3=C(O)c4c(ccc(NC(=O)C(Br)c5ccc(C(F)(F)F)cc5)c4O)CC3CC12. The zero-order chi connectivity index (χ0) is 33.3. The molecule has 11 nitrogen and oxygen atoms in total. The summed E-state index contributed by atoms with van der Waals surface area (Å²) < 4.78 is 38.8. The highest BCUT2D eigenvalue weighted by Crippen LogP contribution is 2.53. The van der Waals surface area contributed by atoms with Gasteiger partial charge in [0.15, 0.2) is 11.4 Å². The largest absolute Gasteiger partial charge is 0.508 e. The lowest BCUT2D eigenvalue weighted by Crippen LogP contribution is -2.65. The fourth-order valence-electron chi connectivity index (χ4n) is 6.51. The number of amides is 2. The molecule has 238 valence electrons. The molecule has 3 aliphatic rings. The highest BCUT2D eigenvalue weighted by molar-refractivity contribution is 9.09. The number of phenolic OH excluding ortho intramolecular Hbond substituents is 1. The molecule has 0 bridgehead atoms. The second kappa shape index (κ2) is 11.0. The Hall–Kier alpha value is -4.21. The standard InChI is InChI=1S/C30H27BrF3N3O8/c1-37(2)21-15-10-13-9-12-5-8-16(36-28(44)20(31)11-3-6-14(7-4-11)30(32,33)34)22(38)17(12)23(39)18(13)25(41)29(15,45)26(42)19(24(21)40)27(35)43/h3-8,13,15,20-21,38-39,42,45H,9-10H2,1-2H3,(H2,35,43)(H,36,44)/t13?,15?,20?,21-,29?/m0/s1. The Morgan fingerprint density at radius 1 is 1.09 bits per heavy atom. The summed E-state index contributed by atoms with van der Waals surface area (Å²) in [5, 5.41) is 47.5. The third-order valence-corrected chi connectivity index (χ3v) is 9.56. The number of ketones is 2. The van der Waals surface area contributed by atoms with Crippen LogP contribution in [0.2, 0.25) is 0 Å². The number of carbonyl (C=O) groups excluding carboxylic acids is 4. The average Bonchev–Trinajstić information content (AvgIpc) is 2.95. The molecule has 4 unspecified atom stereocenters. The van der Waals surface area contributed by atoms with Crippen molar-refractivity contribution in [2.24, 2.45) is 17.6 Å². The van der Waals surface area contributed by atoms with Crippen LogP contribution in [0.1, 0.15) is 33.5 Å². The van der Waals surface area contributed by atoms with Gasteiger partial charge in [0.05, 0.1) is 22.9 Å². The van der Waals surface area contributed by atoms with E-state index < -0.39 is 86.3 Å². The molecule has 0 saturated heterocycles. The molecule has 7 N–H and O–H groups in total. The van der Waals surface area contributed by atoms with Crippen molar-refractivity contribution in [3.63, 3.8) is 0 Å². The lowest BCUT2D eigenvalue weighted by Gasteiger charge is -2.50. The van der Waals surface area contributed by atoms with Gasteiger partial charge in [0.25, 0.3) is 5.91 Å². The molecule has 2 aromatic carbocycles. The minimum Gasteiger partial charge on any atom is -0.508 e. The van der Waals surface area contributed by atoms with Crippen LogP contribution in [-0.2, 0) is 31.8 Å². The second-order valence-corrected chi connectivity index (χ2v) is 12.3. The third-order valence-electron chi connectivity index (χ3n) is 8.61. The number of aliphatic hydroxyl groups excluding tert-OH is 2. The number of hydrogen-bond donors (Lipinski definition) is 6. The molecule has 0 aromatic heterocycles. The van der Waals surface area contributed by atoms with Crippen LogP contribution in [0.3, 0.4) is 0 Å². The van der Waals surface area contributed by atoms with Gasteiger partial charge in [-0.15, -0.1) is 0 Å². The van der Waals surface area contributed by atoms with E-state index in [0.29, 0.717) is 5.56 Å². The van der Waals surface area contributed by atoms with E-state index in [1.807, 2.05) is 0 Å². The highest BCUT2D eigenvalue weighted by atomic mass is 79.9.